The van der Waals surface area contributed by atoms with Crippen molar-refractivity contribution in [3.8, 4) is 0 Å². The zero-order valence-electron chi connectivity index (χ0n) is 5.78. The van der Waals surface area contributed by atoms with Crippen LogP contribution in [-0.2, 0) is 32.8 Å². The van der Waals surface area contributed by atoms with Gasteiger partial charge >= 0.3 is 26.8 Å². The minimum Gasteiger partial charge on any atom is -0.388 e. The minimum absolute atomic E-state index is 1.39. The Morgan fingerprint density at radius 3 is 1.77 bits per heavy atom. The van der Waals surface area contributed by atoms with Crippen molar-refractivity contribution in [1.29, 1.82) is 0 Å². The van der Waals surface area contributed by atoms with Gasteiger partial charge in [0.15, 0.2) is 0 Å². The number of aliphatic hydroxyl groups is 2. The summed E-state index contributed by atoms with van der Waals surface area (Å²) >= 11 is 0. The van der Waals surface area contributed by atoms with Gasteiger partial charge in [0.2, 0.25) is 0 Å². The molecule has 0 aromatic carbocycles. The van der Waals surface area contributed by atoms with E-state index in [4.69, 9.17) is 10.2 Å². The molecule has 1 fully saturated rings. The van der Waals surface area contributed by atoms with Crippen LogP contribution in [0.15, 0.2) is 0 Å². The van der Waals surface area contributed by atoms with Gasteiger partial charge in [-0.2, -0.15) is 25.2 Å². The van der Waals surface area contributed by atoms with Crippen molar-refractivity contribution >= 4 is 20.8 Å². The van der Waals surface area contributed by atoms with Gasteiger partial charge in [0.05, 0.1) is 0 Å². The summed E-state index contributed by atoms with van der Waals surface area (Å²) in [6.07, 6.45) is 0. The number of hydrogen-bond acceptors (Lipinski definition) is 9. The van der Waals surface area contributed by atoms with Gasteiger partial charge in [-0.25, -0.2) is 0 Å². The summed E-state index contributed by atoms with van der Waals surface area (Å²) in [5.74, 6) is -3.16. The molecular formula is C2H4O9S2. The van der Waals surface area contributed by atoms with Crippen LogP contribution in [0.5, 0.6) is 0 Å². The summed E-state index contributed by atoms with van der Waals surface area (Å²) in [6.45, 7) is -1.39. The molecule has 13 heavy (non-hydrogen) atoms. The zero-order chi connectivity index (χ0) is 10.3. The second-order valence-corrected chi connectivity index (χ2v) is 4.43. The first-order chi connectivity index (χ1) is 5.68. The predicted octanol–water partition coefficient (Wildman–Crippen LogP) is -2.82. The first kappa shape index (κ1) is 10.8. The molecule has 0 atom stereocenters. The fourth-order valence-electron chi connectivity index (χ4n) is 0.515. The first-order valence-corrected chi connectivity index (χ1v) is 5.30. The quantitative estimate of drug-likeness (QED) is 0.493. The van der Waals surface area contributed by atoms with Crippen molar-refractivity contribution in [2.75, 3.05) is 6.61 Å². The van der Waals surface area contributed by atoms with Crippen LogP contribution in [0.2, 0.25) is 0 Å². The van der Waals surface area contributed by atoms with E-state index >= 15 is 0 Å². The van der Waals surface area contributed by atoms with Gasteiger partial charge in [0.25, 0.3) is 0 Å². The average molecular weight is 236 g/mol. The molecule has 0 radical (unpaired) electrons. The van der Waals surface area contributed by atoms with Crippen molar-refractivity contribution in [2.45, 2.75) is 5.97 Å². The summed E-state index contributed by atoms with van der Waals surface area (Å²) in [4.78, 5) is 0. The Morgan fingerprint density at radius 1 is 1.08 bits per heavy atom. The molecule has 0 bridgehead atoms. The second kappa shape index (κ2) is 2.84. The van der Waals surface area contributed by atoms with Crippen molar-refractivity contribution in [1.82, 2.24) is 0 Å². The highest BCUT2D eigenvalue weighted by Crippen LogP contribution is 2.24. The van der Waals surface area contributed by atoms with Gasteiger partial charge in [-0.15, -0.1) is 3.63 Å². The van der Waals surface area contributed by atoms with E-state index < -0.39 is 33.4 Å². The standard InChI is InChI=1S/C2H4O9S2/c3-1-2(4)9-12(5,6)11-13(7,8)10-2/h3-4H,1H2. The lowest BCUT2D eigenvalue weighted by atomic mass is 10.6. The highest BCUT2D eigenvalue weighted by Gasteiger charge is 2.48. The highest BCUT2D eigenvalue weighted by atomic mass is 32.3. The number of aliphatic hydroxyl groups excluding tert-OH is 1. The van der Waals surface area contributed by atoms with Crippen molar-refractivity contribution in [3.05, 3.63) is 0 Å². The monoisotopic (exact) mass is 236 g/mol. The molecule has 1 aliphatic heterocycles. The molecule has 9 nitrogen and oxygen atoms in total. The van der Waals surface area contributed by atoms with E-state index in [0.717, 1.165) is 0 Å². The second-order valence-electron chi connectivity index (χ2n) is 1.92. The third-order valence-corrected chi connectivity index (χ3v) is 3.09. The third-order valence-electron chi connectivity index (χ3n) is 0.831. The summed E-state index contributed by atoms with van der Waals surface area (Å²) in [7, 11) is -9.87. The van der Waals surface area contributed by atoms with E-state index in [1.165, 1.54) is 0 Å². The minimum atomic E-state index is -4.93. The molecule has 0 unspecified atom stereocenters. The summed E-state index contributed by atoms with van der Waals surface area (Å²) in [6, 6.07) is 0. The van der Waals surface area contributed by atoms with Gasteiger partial charge < -0.3 is 10.2 Å². The van der Waals surface area contributed by atoms with Crippen LogP contribution in [0.3, 0.4) is 0 Å². The summed E-state index contributed by atoms with van der Waals surface area (Å²) in [5, 5.41) is 17.1. The maximum atomic E-state index is 10.5. The smallest absolute Gasteiger partial charge is 0.388 e. The Kier molecular flexibility index (Phi) is 2.36. The normalized spacial score (nSPS) is 29.7. The molecule has 1 rings (SSSR count). The molecule has 1 aliphatic rings. The van der Waals surface area contributed by atoms with Crippen LogP contribution in [0.1, 0.15) is 0 Å². The molecular weight excluding hydrogens is 232 g/mol. The van der Waals surface area contributed by atoms with E-state index in [1.807, 2.05) is 0 Å². The molecule has 11 heteroatoms. The average Bonchev–Trinajstić information content (AvgIpc) is 1.79. The van der Waals surface area contributed by atoms with Gasteiger partial charge in [-0.05, 0) is 0 Å². The van der Waals surface area contributed by atoms with E-state index in [9.17, 15) is 16.8 Å². The third kappa shape index (κ3) is 2.57. The van der Waals surface area contributed by atoms with Crippen molar-refractivity contribution < 1.29 is 39.0 Å². The zero-order valence-corrected chi connectivity index (χ0v) is 7.41. The molecule has 1 saturated heterocycles. The fourth-order valence-corrected chi connectivity index (χ4v) is 2.41. The molecule has 0 aromatic rings. The van der Waals surface area contributed by atoms with E-state index in [1.54, 1.807) is 0 Å². The van der Waals surface area contributed by atoms with Crippen molar-refractivity contribution in [2.24, 2.45) is 0 Å². The molecule has 2 N–H and O–H groups in total. The molecule has 0 saturated carbocycles. The predicted molar refractivity (Wildman–Crippen MR) is 33.1 cm³/mol. The molecule has 0 aliphatic carbocycles. The highest BCUT2D eigenvalue weighted by molar-refractivity contribution is 7.95. The molecule has 78 valence electrons. The first-order valence-electron chi connectivity index (χ1n) is 2.63. The van der Waals surface area contributed by atoms with E-state index in [-0.39, 0.29) is 0 Å². The van der Waals surface area contributed by atoms with E-state index in [2.05, 4.69) is 12.0 Å². The Morgan fingerprint density at radius 2 is 1.46 bits per heavy atom. The van der Waals surface area contributed by atoms with Crippen LogP contribution in [0, 0.1) is 0 Å². The largest absolute Gasteiger partial charge is 0.421 e. The van der Waals surface area contributed by atoms with Crippen LogP contribution in [0.25, 0.3) is 0 Å². The lowest BCUT2D eigenvalue weighted by Gasteiger charge is -2.26. The number of hydrogen-bond donors (Lipinski definition) is 2. The SMILES string of the molecule is O=S1(=O)OC(O)(CO)OS(=O)(=O)O1. The Balaban J connectivity index is 3.12. The molecule has 0 amide bonds. The lowest BCUT2D eigenvalue weighted by Crippen LogP contribution is -2.48. The van der Waals surface area contributed by atoms with E-state index in [0.29, 0.717) is 0 Å². The maximum absolute atomic E-state index is 10.5. The van der Waals surface area contributed by atoms with Gasteiger partial charge in [0, 0.05) is 0 Å². The topological polar surface area (TPSA) is 136 Å². The molecule has 0 aromatic heterocycles. The number of rotatable bonds is 1. The molecule has 1 heterocycles. The summed E-state index contributed by atoms with van der Waals surface area (Å²) < 4.78 is 52.4. The fraction of sp³-hybridized carbons (Fsp3) is 1.00. The van der Waals surface area contributed by atoms with Crippen LogP contribution < -0.4 is 0 Å². The Bertz CT molecular complexity index is 353. The summed E-state index contributed by atoms with van der Waals surface area (Å²) in [5.41, 5.74) is 0. The molecule has 0 spiro atoms. The van der Waals surface area contributed by atoms with Crippen LogP contribution in [0.4, 0.5) is 0 Å². The lowest BCUT2D eigenvalue weighted by molar-refractivity contribution is -0.296. The Hall–Kier alpha value is -0.300. The van der Waals surface area contributed by atoms with Crippen LogP contribution in [-0.4, -0.2) is 39.6 Å². The van der Waals surface area contributed by atoms with Gasteiger partial charge in [-0.1, -0.05) is 0 Å². The van der Waals surface area contributed by atoms with Gasteiger partial charge in [0.1, 0.15) is 6.61 Å². The van der Waals surface area contributed by atoms with Crippen LogP contribution >= 0.6 is 0 Å². The maximum Gasteiger partial charge on any atom is 0.421 e. The Labute approximate surface area is 73.1 Å². The van der Waals surface area contributed by atoms with Gasteiger partial charge in [-0.3, -0.25) is 0 Å². The van der Waals surface area contributed by atoms with Crippen molar-refractivity contribution in [3.63, 3.8) is 0 Å².